The molecule has 24 heavy (non-hydrogen) atoms. The van der Waals surface area contributed by atoms with Crippen LogP contribution in [0.15, 0.2) is 16.8 Å². The van der Waals surface area contributed by atoms with Crippen molar-refractivity contribution in [2.24, 2.45) is 13.0 Å². The Bertz CT molecular complexity index is 723. The lowest BCUT2D eigenvalue weighted by molar-refractivity contribution is -0.117. The summed E-state index contributed by atoms with van der Waals surface area (Å²) in [5.41, 5.74) is 2.34. The summed E-state index contributed by atoms with van der Waals surface area (Å²) in [6.45, 7) is 5.11. The van der Waals surface area contributed by atoms with Crippen LogP contribution in [0.1, 0.15) is 17.1 Å². The largest absolute Gasteiger partial charge is 0.391 e. The van der Waals surface area contributed by atoms with E-state index in [4.69, 9.17) is 4.52 Å². The fraction of sp³-hybridized carbons (Fsp3) is 0.562. The number of rotatable bonds is 5. The second-order valence-corrected chi connectivity index (χ2v) is 6.51. The summed E-state index contributed by atoms with van der Waals surface area (Å²) in [5.74, 6) is 0.716. The minimum absolute atomic E-state index is 0.0466. The third-order valence-corrected chi connectivity index (χ3v) is 4.28. The number of nitrogens with one attached hydrogen (secondary N) is 1. The molecule has 8 nitrogen and oxygen atoms in total. The van der Waals surface area contributed by atoms with Gasteiger partial charge in [0.2, 0.25) is 5.91 Å². The number of anilines is 1. The average molecular weight is 333 g/mol. The van der Waals surface area contributed by atoms with Crippen molar-refractivity contribution in [3.63, 3.8) is 0 Å². The van der Waals surface area contributed by atoms with Crippen LogP contribution in [0.25, 0.3) is 0 Å². The second-order valence-electron chi connectivity index (χ2n) is 6.51. The van der Waals surface area contributed by atoms with Gasteiger partial charge >= 0.3 is 0 Å². The smallest absolute Gasteiger partial charge is 0.238 e. The van der Waals surface area contributed by atoms with E-state index in [0.29, 0.717) is 19.5 Å². The van der Waals surface area contributed by atoms with Gasteiger partial charge in [0, 0.05) is 44.7 Å². The van der Waals surface area contributed by atoms with E-state index >= 15 is 0 Å². The molecule has 8 heteroatoms. The molecule has 0 unspecified atom stereocenters. The fourth-order valence-corrected chi connectivity index (χ4v) is 3.16. The van der Waals surface area contributed by atoms with Gasteiger partial charge in [-0.05, 0) is 13.8 Å². The maximum atomic E-state index is 12.2. The molecule has 2 atom stereocenters. The molecule has 2 aromatic heterocycles. The summed E-state index contributed by atoms with van der Waals surface area (Å²) in [6, 6.07) is 1.88. The molecule has 1 fully saturated rings. The van der Waals surface area contributed by atoms with Gasteiger partial charge in [-0.25, -0.2) is 0 Å². The maximum Gasteiger partial charge on any atom is 0.238 e. The number of carbonyl (C=O) groups excluding carboxylic acids is 1. The Morgan fingerprint density at radius 2 is 2.25 bits per heavy atom. The third kappa shape index (κ3) is 3.82. The van der Waals surface area contributed by atoms with Gasteiger partial charge in [-0.1, -0.05) is 5.16 Å². The monoisotopic (exact) mass is 333 g/mol. The van der Waals surface area contributed by atoms with Crippen molar-refractivity contribution >= 4 is 11.6 Å². The van der Waals surface area contributed by atoms with E-state index in [1.165, 1.54) is 0 Å². The van der Waals surface area contributed by atoms with Crippen LogP contribution >= 0.6 is 0 Å². The predicted molar refractivity (Wildman–Crippen MR) is 87.5 cm³/mol. The summed E-state index contributed by atoms with van der Waals surface area (Å²) < 4.78 is 6.88. The first-order valence-corrected chi connectivity index (χ1v) is 8.03. The third-order valence-electron chi connectivity index (χ3n) is 4.28. The summed E-state index contributed by atoms with van der Waals surface area (Å²) in [5, 5.41) is 21.2. The number of nitrogens with zero attached hydrogens (tertiary/aromatic N) is 4. The molecule has 0 aliphatic carbocycles. The molecule has 3 heterocycles. The summed E-state index contributed by atoms with van der Waals surface area (Å²) in [4.78, 5) is 14.2. The molecule has 1 amide bonds. The van der Waals surface area contributed by atoms with Gasteiger partial charge < -0.3 is 14.9 Å². The van der Waals surface area contributed by atoms with Crippen LogP contribution in [0.2, 0.25) is 0 Å². The molecule has 0 bridgehead atoms. The quantitative estimate of drug-likeness (QED) is 0.827. The van der Waals surface area contributed by atoms with Crippen LogP contribution in [-0.2, 0) is 18.3 Å². The predicted octanol–water partition coefficient (Wildman–Crippen LogP) is 0.499. The van der Waals surface area contributed by atoms with E-state index in [1.807, 2.05) is 31.9 Å². The summed E-state index contributed by atoms with van der Waals surface area (Å²) in [6.07, 6.45) is 1.94. The van der Waals surface area contributed by atoms with E-state index in [-0.39, 0.29) is 18.4 Å². The molecule has 0 aromatic carbocycles. The molecule has 1 aliphatic rings. The zero-order valence-electron chi connectivity index (χ0n) is 14.2. The van der Waals surface area contributed by atoms with Crippen molar-refractivity contribution in [1.82, 2.24) is 19.8 Å². The van der Waals surface area contributed by atoms with E-state index in [2.05, 4.69) is 15.6 Å². The van der Waals surface area contributed by atoms with E-state index in [0.717, 1.165) is 22.8 Å². The first-order valence-electron chi connectivity index (χ1n) is 8.03. The molecule has 3 rings (SSSR count). The number of aliphatic hydroxyl groups excluding tert-OH is 1. The summed E-state index contributed by atoms with van der Waals surface area (Å²) in [7, 11) is 1.81. The number of aromatic nitrogens is 3. The van der Waals surface area contributed by atoms with Gasteiger partial charge in [0.25, 0.3) is 0 Å². The highest BCUT2D eigenvalue weighted by Gasteiger charge is 2.33. The van der Waals surface area contributed by atoms with Gasteiger partial charge in [0.05, 0.1) is 29.7 Å². The highest BCUT2D eigenvalue weighted by molar-refractivity contribution is 5.92. The Kier molecular flexibility index (Phi) is 4.68. The highest BCUT2D eigenvalue weighted by Crippen LogP contribution is 2.22. The zero-order chi connectivity index (χ0) is 17.3. The molecule has 0 spiro atoms. The molecular formula is C16H23N5O3. The normalized spacial score (nSPS) is 21.3. The van der Waals surface area contributed by atoms with E-state index in [1.54, 1.807) is 10.9 Å². The van der Waals surface area contributed by atoms with E-state index in [9.17, 15) is 9.90 Å². The molecule has 0 radical (unpaired) electrons. The lowest BCUT2D eigenvalue weighted by Crippen LogP contribution is -2.32. The fourth-order valence-electron chi connectivity index (χ4n) is 3.16. The van der Waals surface area contributed by atoms with Crippen molar-refractivity contribution in [1.29, 1.82) is 0 Å². The lowest BCUT2D eigenvalue weighted by Gasteiger charge is -2.14. The van der Waals surface area contributed by atoms with Gasteiger partial charge in [-0.15, -0.1) is 0 Å². The van der Waals surface area contributed by atoms with Crippen LogP contribution in [0.4, 0.5) is 5.69 Å². The van der Waals surface area contributed by atoms with Crippen LogP contribution < -0.4 is 5.32 Å². The second kappa shape index (κ2) is 6.74. The number of carbonyl (C=O) groups is 1. The first kappa shape index (κ1) is 16.7. The zero-order valence-corrected chi connectivity index (χ0v) is 14.2. The molecule has 2 N–H and O–H groups in total. The molecule has 1 aliphatic heterocycles. The highest BCUT2D eigenvalue weighted by atomic mass is 16.5. The SMILES string of the molecule is Cc1cc(C[C@@H]2CN(CC(=O)Nc3cn(C)nc3C)C[C@@H]2O)on1. The number of β-amino-alcohol motifs (C(OH)–C–C–N with tert-alkyl or cyclic N) is 1. The van der Waals surface area contributed by atoms with Crippen molar-refractivity contribution in [3.05, 3.63) is 29.4 Å². The van der Waals surface area contributed by atoms with Crippen LogP contribution in [0.5, 0.6) is 0 Å². The first-order chi connectivity index (χ1) is 11.4. The average Bonchev–Trinajstić information content (AvgIpc) is 3.13. The number of aryl methyl sites for hydroxylation is 3. The maximum absolute atomic E-state index is 12.2. The van der Waals surface area contributed by atoms with Crippen LogP contribution in [-0.4, -0.2) is 56.6 Å². The molecule has 2 aromatic rings. The minimum atomic E-state index is -0.469. The Morgan fingerprint density at radius 3 is 2.88 bits per heavy atom. The molecule has 130 valence electrons. The van der Waals surface area contributed by atoms with Gasteiger partial charge in [0.15, 0.2) is 0 Å². The standard InChI is InChI=1S/C16H23N5O3/c1-10-4-13(24-19-10)5-12-6-21(8-15(12)22)9-16(23)17-14-7-20(3)18-11(14)2/h4,7,12,15,22H,5-6,8-9H2,1-3H3,(H,17,23)/t12-,15+/m1/s1. The minimum Gasteiger partial charge on any atom is -0.391 e. The number of aliphatic hydroxyl groups is 1. The van der Waals surface area contributed by atoms with Crippen LogP contribution in [0, 0.1) is 19.8 Å². The van der Waals surface area contributed by atoms with E-state index < -0.39 is 6.10 Å². The van der Waals surface area contributed by atoms with Gasteiger partial charge in [-0.3, -0.25) is 14.4 Å². The molecule has 0 saturated carbocycles. The molecular weight excluding hydrogens is 310 g/mol. The van der Waals surface area contributed by atoms with Crippen LogP contribution in [0.3, 0.4) is 0 Å². The summed E-state index contributed by atoms with van der Waals surface area (Å²) >= 11 is 0. The topological polar surface area (TPSA) is 96.4 Å². The number of likely N-dealkylation sites (tertiary alicyclic amines) is 1. The Balaban J connectivity index is 1.52. The Morgan fingerprint density at radius 1 is 1.46 bits per heavy atom. The van der Waals surface area contributed by atoms with Gasteiger partial charge in [0.1, 0.15) is 5.76 Å². The van der Waals surface area contributed by atoms with Crippen molar-refractivity contribution in [2.75, 3.05) is 25.0 Å². The number of hydrogen-bond acceptors (Lipinski definition) is 6. The van der Waals surface area contributed by atoms with Crippen molar-refractivity contribution in [2.45, 2.75) is 26.4 Å². The number of amides is 1. The molecule has 1 saturated heterocycles. The lowest BCUT2D eigenvalue weighted by atomic mass is 10.0. The van der Waals surface area contributed by atoms with Crippen molar-refractivity contribution < 1.29 is 14.4 Å². The van der Waals surface area contributed by atoms with Crippen molar-refractivity contribution in [3.8, 4) is 0 Å². The Labute approximate surface area is 140 Å². The number of hydrogen-bond donors (Lipinski definition) is 2. The Hall–Kier alpha value is -2.19. The van der Waals surface area contributed by atoms with Gasteiger partial charge in [-0.2, -0.15) is 5.10 Å².